The SMILES string of the molecule is CCCCC(CC)N(Cc1ccc(CC(C)(C)C)cc1)C(=Nc1ccc(N(C)C)cc1)C1C(=O)OC(C)(C)OC1=O. The molecule has 3 rings (SSSR count). The third-order valence-corrected chi connectivity index (χ3v) is 7.24. The maximum Gasteiger partial charge on any atom is 0.331 e. The maximum atomic E-state index is 13.4. The highest BCUT2D eigenvalue weighted by Crippen LogP contribution is 2.30. The summed E-state index contributed by atoms with van der Waals surface area (Å²) in [6.07, 6.45) is 4.80. The lowest BCUT2D eigenvalue weighted by Gasteiger charge is -2.39. The van der Waals surface area contributed by atoms with E-state index in [0.29, 0.717) is 18.1 Å². The van der Waals surface area contributed by atoms with Crippen LogP contribution in [0.15, 0.2) is 53.5 Å². The van der Waals surface area contributed by atoms with Gasteiger partial charge in [0, 0.05) is 46.2 Å². The van der Waals surface area contributed by atoms with Crippen LogP contribution in [0.5, 0.6) is 0 Å². The van der Waals surface area contributed by atoms with Crippen LogP contribution in [0, 0.1) is 11.3 Å². The van der Waals surface area contributed by atoms with Crippen LogP contribution >= 0.6 is 0 Å². The number of carbonyl (C=O) groups excluding carboxylic acids is 2. The zero-order valence-corrected chi connectivity index (χ0v) is 26.5. The van der Waals surface area contributed by atoms with E-state index in [0.717, 1.165) is 43.4 Å². The third-order valence-electron chi connectivity index (χ3n) is 7.24. The quantitative estimate of drug-likeness (QED) is 0.124. The molecule has 0 radical (unpaired) electrons. The highest BCUT2D eigenvalue weighted by Gasteiger charge is 2.48. The lowest BCUT2D eigenvalue weighted by molar-refractivity contribution is -0.236. The van der Waals surface area contributed by atoms with Crippen molar-refractivity contribution in [2.24, 2.45) is 16.3 Å². The first kappa shape index (κ1) is 32.2. The number of hydrogen-bond donors (Lipinski definition) is 0. The topological polar surface area (TPSA) is 71.4 Å². The second-order valence-electron chi connectivity index (χ2n) is 12.9. The number of esters is 2. The van der Waals surface area contributed by atoms with E-state index in [2.05, 4.69) is 63.8 Å². The smallest absolute Gasteiger partial charge is 0.331 e. The average Bonchev–Trinajstić information content (AvgIpc) is 2.87. The molecule has 41 heavy (non-hydrogen) atoms. The number of unbranched alkanes of at least 4 members (excludes halogenated alkanes) is 1. The van der Waals surface area contributed by atoms with E-state index in [1.807, 2.05) is 43.3 Å². The standard InChI is InChI=1S/C34H49N3O4/c1-10-12-13-27(11-2)37(23-25-16-14-24(15-17-25)22-33(3,4)5)30(29-31(38)40-34(6,7)41-32(29)39)35-26-18-20-28(21-19-26)36(8)9/h14-21,27,29H,10-13,22-23H2,1-9H3. The summed E-state index contributed by atoms with van der Waals surface area (Å²) < 4.78 is 11.2. The Morgan fingerprint density at radius 1 is 0.927 bits per heavy atom. The van der Waals surface area contributed by atoms with E-state index in [-0.39, 0.29) is 11.5 Å². The number of carbonyl (C=O) groups is 2. The van der Waals surface area contributed by atoms with Crippen LogP contribution in [0.4, 0.5) is 11.4 Å². The summed E-state index contributed by atoms with van der Waals surface area (Å²) in [7, 11) is 3.96. The predicted molar refractivity (Wildman–Crippen MR) is 166 cm³/mol. The summed E-state index contributed by atoms with van der Waals surface area (Å²) in [5, 5.41) is 0. The molecule has 2 aromatic rings. The fraction of sp³-hybridized carbons (Fsp3) is 0.559. The Bertz CT molecular complexity index is 1170. The number of cyclic esters (lactones) is 2. The highest BCUT2D eigenvalue weighted by molar-refractivity contribution is 6.17. The first-order valence-corrected chi connectivity index (χ1v) is 14.9. The monoisotopic (exact) mass is 563 g/mol. The summed E-state index contributed by atoms with van der Waals surface area (Å²) in [6, 6.07) is 16.5. The van der Waals surface area contributed by atoms with Gasteiger partial charge in [0.05, 0.1) is 5.69 Å². The van der Waals surface area contributed by atoms with E-state index in [1.54, 1.807) is 13.8 Å². The third kappa shape index (κ3) is 9.07. The number of benzene rings is 2. The number of anilines is 1. The van der Waals surface area contributed by atoms with Gasteiger partial charge in [-0.3, -0.25) is 9.59 Å². The molecule has 1 atom stereocenters. The molecule has 0 N–H and O–H groups in total. The number of ether oxygens (including phenoxy) is 2. The number of hydrogen-bond acceptors (Lipinski definition) is 6. The largest absolute Gasteiger partial charge is 0.422 e. The van der Waals surface area contributed by atoms with Crippen LogP contribution in [0.2, 0.25) is 0 Å². The molecule has 1 saturated heterocycles. The van der Waals surface area contributed by atoms with Crippen molar-refractivity contribution in [1.29, 1.82) is 0 Å². The number of rotatable bonds is 11. The molecular formula is C34H49N3O4. The number of amidine groups is 1. The van der Waals surface area contributed by atoms with Gasteiger partial charge in [0.15, 0.2) is 0 Å². The molecule has 0 saturated carbocycles. The van der Waals surface area contributed by atoms with E-state index in [4.69, 9.17) is 14.5 Å². The molecule has 1 fully saturated rings. The summed E-state index contributed by atoms with van der Waals surface area (Å²) in [6.45, 7) is 14.7. The Labute approximate surface area is 246 Å². The van der Waals surface area contributed by atoms with Gasteiger partial charge < -0.3 is 19.3 Å². The van der Waals surface area contributed by atoms with Crippen LogP contribution < -0.4 is 4.90 Å². The van der Waals surface area contributed by atoms with Crippen molar-refractivity contribution < 1.29 is 19.1 Å². The molecule has 0 amide bonds. The van der Waals surface area contributed by atoms with Crippen LogP contribution in [0.1, 0.15) is 85.3 Å². The highest BCUT2D eigenvalue weighted by atomic mass is 16.7. The van der Waals surface area contributed by atoms with Gasteiger partial charge in [-0.2, -0.15) is 0 Å². The Kier molecular flexibility index (Phi) is 10.6. The fourth-order valence-corrected chi connectivity index (χ4v) is 5.17. The van der Waals surface area contributed by atoms with Gasteiger partial charge in [0.1, 0.15) is 5.84 Å². The van der Waals surface area contributed by atoms with E-state index in [9.17, 15) is 9.59 Å². The maximum absolute atomic E-state index is 13.4. The van der Waals surface area contributed by atoms with Gasteiger partial charge in [-0.05, 0) is 60.1 Å². The summed E-state index contributed by atoms with van der Waals surface area (Å²) in [5.74, 6) is -3.48. The van der Waals surface area contributed by atoms with Crippen molar-refractivity contribution in [1.82, 2.24) is 4.90 Å². The molecule has 7 nitrogen and oxygen atoms in total. The zero-order chi connectivity index (χ0) is 30.4. The number of aliphatic imine (C=N–C) groups is 1. The van der Waals surface area contributed by atoms with Gasteiger partial charge in [0.2, 0.25) is 5.92 Å². The molecule has 0 bridgehead atoms. The lowest BCUT2D eigenvalue weighted by atomic mass is 9.88. The molecule has 1 heterocycles. The van der Waals surface area contributed by atoms with Crippen molar-refractivity contribution in [3.63, 3.8) is 0 Å². The number of nitrogens with zero attached hydrogens (tertiary/aromatic N) is 3. The molecular weight excluding hydrogens is 514 g/mol. The van der Waals surface area contributed by atoms with Crippen molar-refractivity contribution in [2.45, 2.75) is 98.9 Å². The summed E-state index contributed by atoms with van der Waals surface area (Å²) >= 11 is 0. The molecule has 0 spiro atoms. The van der Waals surface area contributed by atoms with Crippen LogP contribution in [-0.2, 0) is 32.0 Å². The predicted octanol–water partition coefficient (Wildman–Crippen LogP) is 7.29. The molecule has 0 aliphatic carbocycles. The van der Waals surface area contributed by atoms with Crippen molar-refractivity contribution >= 4 is 29.1 Å². The van der Waals surface area contributed by atoms with E-state index >= 15 is 0 Å². The second-order valence-corrected chi connectivity index (χ2v) is 12.9. The Morgan fingerprint density at radius 3 is 1.98 bits per heavy atom. The Hall–Kier alpha value is -3.35. The Balaban J connectivity index is 2.11. The Morgan fingerprint density at radius 2 is 1.49 bits per heavy atom. The first-order valence-electron chi connectivity index (χ1n) is 14.9. The molecule has 1 aliphatic heterocycles. The summed E-state index contributed by atoms with van der Waals surface area (Å²) in [4.78, 5) is 36.0. The molecule has 1 unspecified atom stereocenters. The average molecular weight is 564 g/mol. The molecule has 7 heteroatoms. The molecule has 2 aromatic carbocycles. The van der Waals surface area contributed by atoms with E-state index < -0.39 is 23.6 Å². The summed E-state index contributed by atoms with van der Waals surface area (Å²) in [5.41, 5.74) is 4.25. The first-order chi connectivity index (χ1) is 19.2. The van der Waals surface area contributed by atoms with Crippen molar-refractivity contribution in [3.8, 4) is 0 Å². The van der Waals surface area contributed by atoms with Gasteiger partial charge in [-0.25, -0.2) is 4.99 Å². The van der Waals surface area contributed by atoms with Gasteiger partial charge in [-0.1, -0.05) is 71.7 Å². The van der Waals surface area contributed by atoms with Crippen LogP contribution in [0.25, 0.3) is 0 Å². The van der Waals surface area contributed by atoms with Gasteiger partial charge in [-0.15, -0.1) is 0 Å². The zero-order valence-electron chi connectivity index (χ0n) is 26.5. The van der Waals surface area contributed by atoms with Crippen molar-refractivity contribution in [3.05, 3.63) is 59.7 Å². The van der Waals surface area contributed by atoms with Crippen LogP contribution in [0.3, 0.4) is 0 Å². The normalized spacial score (nSPS) is 16.7. The van der Waals surface area contributed by atoms with E-state index in [1.165, 1.54) is 5.56 Å². The molecule has 1 aliphatic rings. The van der Waals surface area contributed by atoms with Gasteiger partial charge >= 0.3 is 11.9 Å². The molecule has 0 aromatic heterocycles. The minimum atomic E-state index is -1.32. The lowest BCUT2D eigenvalue weighted by Crippen LogP contribution is -2.54. The second kappa shape index (κ2) is 13.5. The van der Waals surface area contributed by atoms with Crippen molar-refractivity contribution in [2.75, 3.05) is 19.0 Å². The minimum Gasteiger partial charge on any atom is -0.422 e. The van der Waals surface area contributed by atoms with Gasteiger partial charge in [0.25, 0.3) is 5.79 Å². The minimum absolute atomic E-state index is 0.0690. The fourth-order valence-electron chi connectivity index (χ4n) is 5.17. The molecule has 224 valence electrons. The van der Waals surface area contributed by atoms with Crippen LogP contribution in [-0.4, -0.2) is 48.6 Å².